The molecule has 0 fully saturated rings. The van der Waals surface area contributed by atoms with Crippen LogP contribution in [0.4, 0.5) is 0 Å². The number of aromatic nitrogens is 2. The third kappa shape index (κ3) is 1.61. The van der Waals surface area contributed by atoms with E-state index < -0.39 is 5.97 Å². The lowest BCUT2D eigenvalue weighted by Crippen LogP contribution is -2.02. The summed E-state index contributed by atoms with van der Waals surface area (Å²) in [6.07, 6.45) is 1.71. The van der Waals surface area contributed by atoms with Gasteiger partial charge in [-0.25, -0.2) is 9.31 Å². The smallest absolute Gasteiger partial charge is 0.359 e. The zero-order chi connectivity index (χ0) is 11.0. The maximum absolute atomic E-state index is 11.3. The van der Waals surface area contributed by atoms with E-state index in [1.807, 2.05) is 0 Å². The molecule has 0 saturated heterocycles. The highest BCUT2D eigenvalue weighted by Crippen LogP contribution is 2.28. The van der Waals surface area contributed by atoms with Crippen LogP contribution in [0.2, 0.25) is 5.02 Å². The Morgan fingerprint density at radius 3 is 3.00 bits per heavy atom. The standard InChI is InChI=1S/C9H6BrClN2O2/c1-15-9(14)7-6(10)8-5(11)3-2-4-13(8)12-7/h2-4H,1H3. The van der Waals surface area contributed by atoms with Crippen molar-refractivity contribution in [2.45, 2.75) is 0 Å². The average molecular weight is 290 g/mol. The molecule has 0 aliphatic carbocycles. The third-order valence-corrected chi connectivity index (χ3v) is 2.98. The van der Waals surface area contributed by atoms with Gasteiger partial charge >= 0.3 is 5.97 Å². The first kappa shape index (κ1) is 10.4. The Bertz CT molecular complexity index is 538. The van der Waals surface area contributed by atoms with Crippen molar-refractivity contribution in [3.63, 3.8) is 0 Å². The summed E-state index contributed by atoms with van der Waals surface area (Å²) in [5.41, 5.74) is 0.866. The largest absolute Gasteiger partial charge is 0.464 e. The van der Waals surface area contributed by atoms with Gasteiger partial charge in [-0.2, -0.15) is 5.10 Å². The number of rotatable bonds is 1. The van der Waals surface area contributed by atoms with Crippen molar-refractivity contribution in [3.05, 3.63) is 33.5 Å². The second-order valence-electron chi connectivity index (χ2n) is 2.80. The molecule has 2 rings (SSSR count). The number of halogens is 2. The Hall–Kier alpha value is -1.07. The first-order chi connectivity index (χ1) is 7.15. The lowest BCUT2D eigenvalue weighted by molar-refractivity contribution is 0.0592. The normalized spacial score (nSPS) is 10.6. The predicted octanol–water partition coefficient (Wildman–Crippen LogP) is 2.54. The highest BCUT2D eigenvalue weighted by atomic mass is 79.9. The summed E-state index contributed by atoms with van der Waals surface area (Å²) in [6, 6.07) is 3.47. The molecule has 0 unspecified atom stereocenters. The van der Waals surface area contributed by atoms with Crippen molar-refractivity contribution in [2.24, 2.45) is 0 Å². The summed E-state index contributed by atoms with van der Waals surface area (Å²) in [5, 5.41) is 4.58. The van der Waals surface area contributed by atoms with Gasteiger partial charge in [0.15, 0.2) is 5.69 Å². The van der Waals surface area contributed by atoms with Gasteiger partial charge in [0.05, 0.1) is 22.1 Å². The molecule has 2 aromatic heterocycles. The average Bonchev–Trinajstić information content (AvgIpc) is 2.56. The van der Waals surface area contributed by atoms with E-state index >= 15 is 0 Å². The maximum Gasteiger partial charge on any atom is 0.359 e. The minimum atomic E-state index is -0.498. The van der Waals surface area contributed by atoms with E-state index in [4.69, 9.17) is 11.6 Å². The Morgan fingerprint density at radius 1 is 1.67 bits per heavy atom. The number of esters is 1. The molecule has 6 heteroatoms. The Balaban J connectivity index is 2.75. The minimum Gasteiger partial charge on any atom is -0.464 e. The fourth-order valence-corrected chi connectivity index (χ4v) is 2.26. The summed E-state index contributed by atoms with van der Waals surface area (Å²) in [6.45, 7) is 0. The van der Waals surface area contributed by atoms with Crippen molar-refractivity contribution >= 4 is 39.0 Å². The van der Waals surface area contributed by atoms with Gasteiger partial charge in [-0.1, -0.05) is 11.6 Å². The van der Waals surface area contributed by atoms with Crippen molar-refractivity contribution in [2.75, 3.05) is 7.11 Å². The van der Waals surface area contributed by atoms with Gasteiger partial charge in [-0.3, -0.25) is 0 Å². The van der Waals surface area contributed by atoms with Gasteiger partial charge < -0.3 is 4.74 Å². The third-order valence-electron chi connectivity index (χ3n) is 1.93. The topological polar surface area (TPSA) is 43.6 Å². The van der Waals surface area contributed by atoms with Crippen molar-refractivity contribution < 1.29 is 9.53 Å². The molecule has 0 bridgehead atoms. The summed E-state index contributed by atoms with van der Waals surface area (Å²) in [4.78, 5) is 11.3. The Morgan fingerprint density at radius 2 is 2.40 bits per heavy atom. The number of hydrogen-bond donors (Lipinski definition) is 0. The highest BCUT2D eigenvalue weighted by Gasteiger charge is 2.19. The van der Waals surface area contributed by atoms with E-state index in [1.54, 1.807) is 18.3 Å². The molecule has 4 nitrogen and oxygen atoms in total. The fourth-order valence-electron chi connectivity index (χ4n) is 1.25. The van der Waals surface area contributed by atoms with Gasteiger partial charge in [0, 0.05) is 6.20 Å². The zero-order valence-electron chi connectivity index (χ0n) is 7.70. The van der Waals surface area contributed by atoms with Crippen molar-refractivity contribution in [1.82, 2.24) is 9.61 Å². The van der Waals surface area contributed by atoms with Crippen LogP contribution in [-0.4, -0.2) is 22.7 Å². The van der Waals surface area contributed by atoms with Crippen LogP contribution < -0.4 is 0 Å². The molecule has 0 N–H and O–H groups in total. The van der Waals surface area contributed by atoms with E-state index in [1.165, 1.54) is 11.6 Å². The summed E-state index contributed by atoms with van der Waals surface area (Å²) < 4.78 is 6.67. The van der Waals surface area contributed by atoms with Crippen LogP contribution in [0.3, 0.4) is 0 Å². The first-order valence-corrected chi connectivity index (χ1v) is 5.23. The van der Waals surface area contributed by atoms with E-state index in [2.05, 4.69) is 25.8 Å². The lowest BCUT2D eigenvalue weighted by Gasteiger charge is -1.94. The summed E-state index contributed by atoms with van der Waals surface area (Å²) in [7, 11) is 1.31. The number of methoxy groups -OCH3 is 1. The number of ether oxygens (including phenoxy) is 1. The van der Waals surface area contributed by atoms with Crippen LogP contribution in [0, 0.1) is 0 Å². The number of carbonyl (C=O) groups excluding carboxylic acids is 1. The molecule has 0 radical (unpaired) electrons. The van der Waals surface area contributed by atoms with Crippen LogP contribution in [0.1, 0.15) is 10.5 Å². The van der Waals surface area contributed by atoms with Crippen LogP contribution in [0.5, 0.6) is 0 Å². The van der Waals surface area contributed by atoms with Gasteiger partial charge in [0.2, 0.25) is 0 Å². The molecular weight excluding hydrogens is 283 g/mol. The number of nitrogens with zero attached hydrogens (tertiary/aromatic N) is 2. The number of hydrogen-bond acceptors (Lipinski definition) is 3. The number of carbonyl (C=O) groups is 1. The molecule has 0 atom stereocenters. The molecule has 0 aliphatic heterocycles. The van der Waals surface area contributed by atoms with Crippen LogP contribution in [0.15, 0.2) is 22.8 Å². The molecule has 2 heterocycles. The van der Waals surface area contributed by atoms with Gasteiger partial charge in [0.25, 0.3) is 0 Å². The van der Waals surface area contributed by atoms with Gasteiger partial charge in [0.1, 0.15) is 0 Å². The Kier molecular flexibility index (Phi) is 2.67. The van der Waals surface area contributed by atoms with Crippen LogP contribution in [0.25, 0.3) is 5.52 Å². The Labute approximate surface area is 98.9 Å². The van der Waals surface area contributed by atoms with Gasteiger partial charge in [-0.05, 0) is 28.1 Å². The second-order valence-corrected chi connectivity index (χ2v) is 4.00. The van der Waals surface area contributed by atoms with E-state index in [9.17, 15) is 4.79 Å². The maximum atomic E-state index is 11.3. The van der Waals surface area contributed by atoms with E-state index in [0.29, 0.717) is 15.0 Å². The molecule has 15 heavy (non-hydrogen) atoms. The number of fused-ring (bicyclic) bond motifs is 1. The van der Waals surface area contributed by atoms with Gasteiger partial charge in [-0.15, -0.1) is 0 Å². The summed E-state index contributed by atoms with van der Waals surface area (Å²) in [5.74, 6) is -0.498. The molecule has 0 spiro atoms. The molecule has 2 aromatic rings. The molecule has 0 aromatic carbocycles. The van der Waals surface area contributed by atoms with E-state index in [0.717, 1.165) is 0 Å². The van der Waals surface area contributed by atoms with Crippen LogP contribution in [-0.2, 0) is 4.74 Å². The lowest BCUT2D eigenvalue weighted by atomic mass is 10.3. The quantitative estimate of drug-likeness (QED) is 0.758. The monoisotopic (exact) mass is 288 g/mol. The van der Waals surface area contributed by atoms with E-state index in [-0.39, 0.29) is 5.69 Å². The predicted molar refractivity (Wildman–Crippen MR) is 59.2 cm³/mol. The number of pyridine rings is 1. The molecule has 0 amide bonds. The molecular formula is C9H6BrClN2O2. The van der Waals surface area contributed by atoms with Crippen molar-refractivity contribution in [3.8, 4) is 0 Å². The summed E-state index contributed by atoms with van der Waals surface area (Å²) >= 11 is 9.26. The highest BCUT2D eigenvalue weighted by molar-refractivity contribution is 9.10. The fraction of sp³-hybridized carbons (Fsp3) is 0.111. The first-order valence-electron chi connectivity index (χ1n) is 4.06. The SMILES string of the molecule is COC(=O)c1nn2cccc(Cl)c2c1Br. The van der Waals surface area contributed by atoms with Crippen LogP contribution >= 0.6 is 27.5 Å². The molecule has 78 valence electrons. The zero-order valence-corrected chi connectivity index (χ0v) is 10.0. The van der Waals surface area contributed by atoms with Crippen molar-refractivity contribution in [1.29, 1.82) is 0 Å². The minimum absolute atomic E-state index is 0.214. The molecule has 0 saturated carbocycles. The second kappa shape index (κ2) is 3.83. The molecule has 0 aliphatic rings.